The van der Waals surface area contributed by atoms with Crippen LogP contribution in [-0.2, 0) is 0 Å². The number of nitrogen functional groups attached to an aromatic ring is 1. The maximum Gasteiger partial charge on any atom is 0.229 e. The van der Waals surface area contributed by atoms with E-state index in [2.05, 4.69) is 56.5 Å². The van der Waals surface area contributed by atoms with Gasteiger partial charge >= 0.3 is 0 Å². The number of hydrogen-bond donors (Lipinski definition) is 7. The van der Waals surface area contributed by atoms with E-state index >= 15 is 0 Å². The van der Waals surface area contributed by atoms with Gasteiger partial charge in [0.2, 0.25) is 35.7 Å². The average molecular weight is 435 g/mol. The molecule has 0 bridgehead atoms. The largest absolute Gasteiger partial charge is 0.396 e. The molecule has 2 aromatic heterocycles. The maximum atomic E-state index is 8.83. The van der Waals surface area contributed by atoms with E-state index in [9.17, 15) is 0 Å². The minimum Gasteiger partial charge on any atom is -0.396 e. The van der Waals surface area contributed by atoms with Crippen LogP contribution in [0, 0.1) is 0 Å². The van der Waals surface area contributed by atoms with E-state index in [-0.39, 0.29) is 12.6 Å². The first-order valence-electron chi connectivity index (χ1n) is 10.6. The van der Waals surface area contributed by atoms with Gasteiger partial charge in [0.25, 0.3) is 0 Å². The van der Waals surface area contributed by atoms with Gasteiger partial charge in [-0.3, -0.25) is 0 Å². The lowest BCUT2D eigenvalue weighted by molar-refractivity contribution is 0.283. The Labute approximate surface area is 182 Å². The monoisotopic (exact) mass is 434 g/mol. The fraction of sp³-hybridized carbons (Fsp3) is 0.667. The van der Waals surface area contributed by atoms with Crippen LogP contribution in [0.5, 0.6) is 0 Å². The Hall–Kier alpha value is -3.22. The van der Waals surface area contributed by atoms with Crippen LogP contribution < -0.4 is 32.3 Å². The van der Waals surface area contributed by atoms with Crippen LogP contribution in [-0.4, -0.2) is 75.3 Å². The standard InChI is InChI=1S/C18H34N12O/c1-20-14-25-13(19)26-16(27-14)22-9-5-3-6-10-23-17-28-15(21-2)29-18(30-17)24-11-7-4-8-12-31/h31H,3-12H2,1-2H3,(H4,19,20,22,25,26,27)(H3,21,23,24,28,29,30). The summed E-state index contributed by atoms with van der Waals surface area (Å²) >= 11 is 0. The van der Waals surface area contributed by atoms with Gasteiger partial charge in [-0.2, -0.15) is 29.9 Å². The Kier molecular flexibility index (Phi) is 10.8. The van der Waals surface area contributed by atoms with E-state index in [0.717, 1.165) is 58.2 Å². The van der Waals surface area contributed by atoms with Gasteiger partial charge < -0.3 is 37.4 Å². The highest BCUT2D eigenvalue weighted by Gasteiger charge is 2.05. The van der Waals surface area contributed by atoms with Gasteiger partial charge in [-0.25, -0.2) is 0 Å². The summed E-state index contributed by atoms with van der Waals surface area (Å²) in [6.07, 6.45) is 5.66. The van der Waals surface area contributed by atoms with Crippen molar-refractivity contribution in [3.8, 4) is 0 Å². The van der Waals surface area contributed by atoms with Gasteiger partial charge in [0.15, 0.2) is 0 Å². The molecule has 0 radical (unpaired) electrons. The van der Waals surface area contributed by atoms with Crippen molar-refractivity contribution < 1.29 is 5.11 Å². The van der Waals surface area contributed by atoms with Crippen molar-refractivity contribution in [1.29, 1.82) is 0 Å². The fourth-order valence-electron chi connectivity index (χ4n) is 2.67. The molecular weight excluding hydrogens is 400 g/mol. The quantitative estimate of drug-likeness (QED) is 0.186. The van der Waals surface area contributed by atoms with Gasteiger partial charge in [0.05, 0.1) is 0 Å². The number of aromatic nitrogens is 6. The highest BCUT2D eigenvalue weighted by Crippen LogP contribution is 2.10. The van der Waals surface area contributed by atoms with Crippen molar-refractivity contribution in [1.82, 2.24) is 29.9 Å². The summed E-state index contributed by atoms with van der Waals surface area (Å²) in [4.78, 5) is 25.3. The molecule has 0 aliphatic heterocycles. The third kappa shape index (κ3) is 9.42. The fourth-order valence-corrected chi connectivity index (χ4v) is 2.67. The van der Waals surface area contributed by atoms with E-state index < -0.39 is 0 Å². The molecule has 0 saturated heterocycles. The predicted molar refractivity (Wildman–Crippen MR) is 123 cm³/mol. The number of nitrogens with one attached hydrogen (secondary N) is 5. The Balaban J connectivity index is 1.67. The van der Waals surface area contributed by atoms with Crippen molar-refractivity contribution in [2.24, 2.45) is 0 Å². The third-order valence-electron chi connectivity index (χ3n) is 4.27. The summed E-state index contributed by atoms with van der Waals surface area (Å²) in [5.41, 5.74) is 5.65. The molecule has 0 unspecified atom stereocenters. The Morgan fingerprint density at radius 3 is 1.45 bits per heavy atom. The Morgan fingerprint density at radius 2 is 0.968 bits per heavy atom. The van der Waals surface area contributed by atoms with Crippen molar-refractivity contribution in [3.05, 3.63) is 0 Å². The molecule has 2 rings (SSSR count). The summed E-state index contributed by atoms with van der Waals surface area (Å²) in [7, 11) is 3.51. The lowest BCUT2D eigenvalue weighted by atomic mass is 10.2. The second kappa shape index (κ2) is 13.9. The first-order chi connectivity index (χ1) is 15.1. The maximum absolute atomic E-state index is 8.83. The molecule has 0 atom stereocenters. The molecule has 2 heterocycles. The number of aliphatic hydroxyl groups is 1. The summed E-state index contributed by atoms with van der Waals surface area (Å²) in [6.45, 7) is 2.48. The van der Waals surface area contributed by atoms with Gasteiger partial charge in [0.1, 0.15) is 0 Å². The molecule has 172 valence electrons. The van der Waals surface area contributed by atoms with Crippen molar-refractivity contribution in [3.63, 3.8) is 0 Å². The summed E-state index contributed by atoms with van der Waals surface area (Å²) in [5, 5.41) is 24.2. The SMILES string of the molecule is CNc1nc(N)nc(NCCCCCNc2nc(NC)nc(NCCCCCO)n2)n1. The summed E-state index contributed by atoms with van der Waals surface area (Å²) in [5.74, 6) is 2.68. The lowest BCUT2D eigenvalue weighted by Crippen LogP contribution is -2.13. The molecule has 0 aliphatic carbocycles. The molecule has 0 saturated carbocycles. The second-order valence-electron chi connectivity index (χ2n) is 6.77. The molecule has 2 aromatic rings. The zero-order valence-corrected chi connectivity index (χ0v) is 18.3. The van der Waals surface area contributed by atoms with E-state index in [1.54, 1.807) is 14.1 Å². The van der Waals surface area contributed by atoms with Gasteiger partial charge in [-0.15, -0.1) is 0 Å². The summed E-state index contributed by atoms with van der Waals surface area (Å²) in [6, 6.07) is 0. The first kappa shape index (κ1) is 24.1. The zero-order valence-electron chi connectivity index (χ0n) is 18.3. The summed E-state index contributed by atoms with van der Waals surface area (Å²) < 4.78 is 0. The van der Waals surface area contributed by atoms with E-state index in [0.29, 0.717) is 29.7 Å². The normalized spacial score (nSPS) is 10.5. The van der Waals surface area contributed by atoms with Crippen molar-refractivity contribution in [2.45, 2.75) is 38.5 Å². The molecule has 13 heteroatoms. The number of anilines is 6. The van der Waals surface area contributed by atoms with Crippen LogP contribution in [0.3, 0.4) is 0 Å². The number of unbranched alkanes of at least 4 members (excludes halogenated alkanes) is 4. The molecule has 0 amide bonds. The molecule has 8 N–H and O–H groups in total. The topological polar surface area (TPSA) is 184 Å². The Morgan fingerprint density at radius 1 is 0.581 bits per heavy atom. The molecule has 0 fully saturated rings. The highest BCUT2D eigenvalue weighted by molar-refractivity contribution is 5.42. The van der Waals surface area contributed by atoms with Crippen molar-refractivity contribution >= 4 is 35.7 Å². The van der Waals surface area contributed by atoms with E-state index in [1.165, 1.54) is 0 Å². The zero-order chi connectivity index (χ0) is 22.3. The lowest BCUT2D eigenvalue weighted by Gasteiger charge is -2.10. The minimum absolute atomic E-state index is 0.184. The smallest absolute Gasteiger partial charge is 0.229 e. The highest BCUT2D eigenvalue weighted by atomic mass is 16.2. The molecular formula is C18H34N12O. The van der Waals surface area contributed by atoms with Gasteiger partial charge in [-0.1, -0.05) is 0 Å². The van der Waals surface area contributed by atoms with Gasteiger partial charge in [0, 0.05) is 40.3 Å². The molecule has 31 heavy (non-hydrogen) atoms. The third-order valence-corrected chi connectivity index (χ3v) is 4.27. The van der Waals surface area contributed by atoms with Crippen LogP contribution in [0.15, 0.2) is 0 Å². The Bertz CT molecular complexity index is 775. The average Bonchev–Trinajstić information content (AvgIpc) is 2.77. The van der Waals surface area contributed by atoms with Crippen LogP contribution in [0.25, 0.3) is 0 Å². The van der Waals surface area contributed by atoms with Crippen LogP contribution in [0.1, 0.15) is 38.5 Å². The minimum atomic E-state index is 0.184. The predicted octanol–water partition coefficient (Wildman–Crippen LogP) is 0.991. The number of aliphatic hydroxyl groups excluding tert-OH is 1. The second-order valence-corrected chi connectivity index (χ2v) is 6.77. The number of nitrogens with two attached hydrogens (primary N) is 1. The van der Waals surface area contributed by atoms with Crippen LogP contribution >= 0.6 is 0 Å². The molecule has 13 nitrogen and oxygen atoms in total. The number of rotatable bonds is 16. The number of hydrogen-bond acceptors (Lipinski definition) is 13. The molecule has 0 spiro atoms. The van der Waals surface area contributed by atoms with Crippen molar-refractivity contribution in [2.75, 3.05) is 72.7 Å². The van der Waals surface area contributed by atoms with Crippen LogP contribution in [0.2, 0.25) is 0 Å². The molecule has 0 aliphatic rings. The first-order valence-corrected chi connectivity index (χ1v) is 10.6. The van der Waals surface area contributed by atoms with E-state index in [4.69, 9.17) is 10.8 Å². The number of nitrogens with zero attached hydrogens (tertiary/aromatic N) is 6. The van der Waals surface area contributed by atoms with Gasteiger partial charge in [-0.05, 0) is 38.5 Å². The van der Waals surface area contributed by atoms with Crippen LogP contribution in [0.4, 0.5) is 35.7 Å². The molecule has 0 aromatic carbocycles. The van der Waals surface area contributed by atoms with E-state index in [1.807, 2.05) is 0 Å².